The summed E-state index contributed by atoms with van der Waals surface area (Å²) in [5.41, 5.74) is 0.978. The van der Waals surface area contributed by atoms with Gasteiger partial charge in [-0.2, -0.15) is 4.98 Å². The molecule has 96 valence electrons. The highest BCUT2D eigenvalue weighted by molar-refractivity contribution is 5.90. The summed E-state index contributed by atoms with van der Waals surface area (Å²) in [6, 6.07) is 8.52. The number of aromatic nitrogens is 2. The third-order valence-electron chi connectivity index (χ3n) is 3.03. The standard InChI is InChI=1S/C14H20N4/c1-5-15-14-16-12-9-7-6-8-11(12)13(17-14)18(4)10(2)3/h6-10H,5H2,1-4H3,(H,15,16,17). The van der Waals surface area contributed by atoms with Crippen molar-refractivity contribution in [1.82, 2.24) is 9.97 Å². The van der Waals surface area contributed by atoms with Gasteiger partial charge in [0.25, 0.3) is 0 Å². The molecular weight excluding hydrogens is 224 g/mol. The summed E-state index contributed by atoms with van der Waals surface area (Å²) in [6.07, 6.45) is 0. The number of para-hydroxylation sites is 1. The molecule has 0 saturated heterocycles. The van der Waals surface area contributed by atoms with Gasteiger partial charge in [-0.3, -0.25) is 0 Å². The summed E-state index contributed by atoms with van der Waals surface area (Å²) >= 11 is 0. The topological polar surface area (TPSA) is 41.1 Å². The van der Waals surface area contributed by atoms with Crippen molar-refractivity contribution in [3.8, 4) is 0 Å². The van der Waals surface area contributed by atoms with Gasteiger partial charge >= 0.3 is 0 Å². The molecule has 0 aliphatic rings. The Morgan fingerprint density at radius 2 is 1.94 bits per heavy atom. The van der Waals surface area contributed by atoms with Crippen LogP contribution in [-0.4, -0.2) is 29.6 Å². The fourth-order valence-corrected chi connectivity index (χ4v) is 1.81. The van der Waals surface area contributed by atoms with E-state index >= 15 is 0 Å². The van der Waals surface area contributed by atoms with Gasteiger partial charge in [-0.05, 0) is 32.9 Å². The summed E-state index contributed by atoms with van der Waals surface area (Å²) in [4.78, 5) is 11.3. The maximum atomic E-state index is 4.62. The number of anilines is 2. The molecule has 0 aliphatic carbocycles. The van der Waals surface area contributed by atoms with Crippen molar-refractivity contribution in [1.29, 1.82) is 0 Å². The largest absolute Gasteiger partial charge is 0.357 e. The number of benzene rings is 1. The smallest absolute Gasteiger partial charge is 0.225 e. The molecule has 0 atom stereocenters. The number of hydrogen-bond donors (Lipinski definition) is 1. The molecule has 0 radical (unpaired) electrons. The maximum Gasteiger partial charge on any atom is 0.225 e. The van der Waals surface area contributed by atoms with Gasteiger partial charge in [-0.15, -0.1) is 0 Å². The second-order valence-electron chi connectivity index (χ2n) is 4.62. The molecule has 4 heteroatoms. The van der Waals surface area contributed by atoms with Crippen LogP contribution in [0.2, 0.25) is 0 Å². The van der Waals surface area contributed by atoms with E-state index in [1.807, 2.05) is 25.1 Å². The minimum atomic E-state index is 0.401. The molecule has 0 aliphatic heterocycles. The first-order valence-electron chi connectivity index (χ1n) is 6.37. The normalized spacial score (nSPS) is 10.9. The van der Waals surface area contributed by atoms with E-state index < -0.39 is 0 Å². The van der Waals surface area contributed by atoms with Crippen molar-refractivity contribution >= 4 is 22.7 Å². The van der Waals surface area contributed by atoms with E-state index in [2.05, 4.69) is 47.1 Å². The van der Waals surface area contributed by atoms with Crippen LogP contribution in [0.3, 0.4) is 0 Å². The third-order valence-corrected chi connectivity index (χ3v) is 3.03. The lowest BCUT2D eigenvalue weighted by Gasteiger charge is -2.24. The molecule has 0 saturated carbocycles. The minimum absolute atomic E-state index is 0.401. The van der Waals surface area contributed by atoms with E-state index in [4.69, 9.17) is 0 Å². The lowest BCUT2D eigenvalue weighted by Crippen LogP contribution is -2.27. The Kier molecular flexibility index (Phi) is 3.65. The maximum absolute atomic E-state index is 4.62. The van der Waals surface area contributed by atoms with Crippen LogP contribution in [0.25, 0.3) is 10.9 Å². The quantitative estimate of drug-likeness (QED) is 0.898. The number of fused-ring (bicyclic) bond motifs is 1. The van der Waals surface area contributed by atoms with Crippen molar-refractivity contribution in [2.24, 2.45) is 0 Å². The number of rotatable bonds is 4. The van der Waals surface area contributed by atoms with Gasteiger partial charge in [0, 0.05) is 25.0 Å². The van der Waals surface area contributed by atoms with E-state index in [9.17, 15) is 0 Å². The Bertz CT molecular complexity index is 536. The van der Waals surface area contributed by atoms with Gasteiger partial charge in [0.2, 0.25) is 5.95 Å². The monoisotopic (exact) mass is 244 g/mol. The molecule has 1 N–H and O–H groups in total. The van der Waals surface area contributed by atoms with Crippen molar-refractivity contribution in [3.63, 3.8) is 0 Å². The van der Waals surface area contributed by atoms with Crippen LogP contribution in [0.4, 0.5) is 11.8 Å². The average molecular weight is 244 g/mol. The zero-order valence-corrected chi connectivity index (χ0v) is 11.4. The molecule has 0 amide bonds. The minimum Gasteiger partial charge on any atom is -0.357 e. The van der Waals surface area contributed by atoms with Crippen LogP contribution >= 0.6 is 0 Å². The van der Waals surface area contributed by atoms with E-state index in [-0.39, 0.29) is 0 Å². The Hall–Kier alpha value is -1.84. The molecule has 0 bridgehead atoms. The fourth-order valence-electron chi connectivity index (χ4n) is 1.81. The van der Waals surface area contributed by atoms with Crippen molar-refractivity contribution < 1.29 is 0 Å². The highest BCUT2D eigenvalue weighted by atomic mass is 15.2. The van der Waals surface area contributed by atoms with Gasteiger partial charge < -0.3 is 10.2 Å². The van der Waals surface area contributed by atoms with Crippen LogP contribution in [0.5, 0.6) is 0 Å². The zero-order valence-electron chi connectivity index (χ0n) is 11.4. The predicted octanol–water partition coefficient (Wildman–Crippen LogP) is 2.91. The van der Waals surface area contributed by atoms with E-state index in [0.717, 1.165) is 23.3 Å². The Labute approximate surface area is 108 Å². The molecule has 0 spiro atoms. The van der Waals surface area contributed by atoms with Gasteiger partial charge in [-0.1, -0.05) is 12.1 Å². The highest BCUT2D eigenvalue weighted by Gasteiger charge is 2.13. The zero-order chi connectivity index (χ0) is 13.1. The Morgan fingerprint density at radius 3 is 2.61 bits per heavy atom. The average Bonchev–Trinajstić information content (AvgIpc) is 2.37. The highest BCUT2D eigenvalue weighted by Crippen LogP contribution is 2.25. The summed E-state index contributed by atoms with van der Waals surface area (Å²) in [5.74, 6) is 1.67. The van der Waals surface area contributed by atoms with Crippen LogP contribution < -0.4 is 10.2 Å². The molecule has 1 aromatic heterocycles. The number of nitrogens with one attached hydrogen (secondary N) is 1. The molecule has 4 nitrogen and oxygen atoms in total. The lowest BCUT2D eigenvalue weighted by molar-refractivity contribution is 0.746. The van der Waals surface area contributed by atoms with E-state index in [1.165, 1.54) is 0 Å². The number of nitrogens with zero attached hydrogens (tertiary/aromatic N) is 3. The third kappa shape index (κ3) is 2.37. The summed E-state index contributed by atoms with van der Waals surface area (Å²) in [7, 11) is 2.06. The Morgan fingerprint density at radius 1 is 1.22 bits per heavy atom. The second-order valence-corrected chi connectivity index (χ2v) is 4.62. The molecular formula is C14H20N4. The van der Waals surface area contributed by atoms with Gasteiger partial charge in [-0.25, -0.2) is 4.98 Å². The summed E-state index contributed by atoms with van der Waals surface area (Å²) in [5, 5.41) is 4.28. The van der Waals surface area contributed by atoms with Crippen molar-refractivity contribution in [2.45, 2.75) is 26.8 Å². The van der Waals surface area contributed by atoms with Gasteiger partial charge in [0.15, 0.2) is 0 Å². The van der Waals surface area contributed by atoms with Crippen LogP contribution in [0.15, 0.2) is 24.3 Å². The SMILES string of the molecule is CCNc1nc(N(C)C(C)C)c2ccccc2n1. The molecule has 2 rings (SSSR count). The van der Waals surface area contributed by atoms with Gasteiger partial charge in [0.1, 0.15) is 5.82 Å². The van der Waals surface area contributed by atoms with E-state index in [0.29, 0.717) is 12.0 Å². The molecule has 1 aromatic carbocycles. The van der Waals surface area contributed by atoms with Crippen LogP contribution in [-0.2, 0) is 0 Å². The van der Waals surface area contributed by atoms with E-state index in [1.54, 1.807) is 0 Å². The molecule has 1 heterocycles. The molecule has 0 fully saturated rings. The first kappa shape index (κ1) is 12.6. The number of hydrogen-bond acceptors (Lipinski definition) is 4. The van der Waals surface area contributed by atoms with Crippen LogP contribution in [0.1, 0.15) is 20.8 Å². The van der Waals surface area contributed by atoms with Crippen molar-refractivity contribution in [3.05, 3.63) is 24.3 Å². The van der Waals surface area contributed by atoms with Crippen LogP contribution in [0, 0.1) is 0 Å². The second kappa shape index (κ2) is 5.21. The summed E-state index contributed by atoms with van der Waals surface area (Å²) < 4.78 is 0. The predicted molar refractivity (Wildman–Crippen MR) is 77.2 cm³/mol. The molecule has 2 aromatic rings. The summed E-state index contributed by atoms with van der Waals surface area (Å²) in [6.45, 7) is 7.18. The lowest BCUT2D eigenvalue weighted by atomic mass is 10.2. The van der Waals surface area contributed by atoms with Crippen molar-refractivity contribution in [2.75, 3.05) is 23.8 Å². The molecule has 18 heavy (non-hydrogen) atoms. The first-order valence-corrected chi connectivity index (χ1v) is 6.37. The first-order chi connectivity index (χ1) is 8.63. The van der Waals surface area contributed by atoms with Gasteiger partial charge in [0.05, 0.1) is 5.52 Å². The Balaban J connectivity index is 2.60. The molecule has 0 unspecified atom stereocenters. The fraction of sp³-hybridized carbons (Fsp3) is 0.429.